The number of carbonyl (C=O) groups is 1. The number of carboxylic acid groups (broad SMARTS) is 1. The molecule has 1 aromatic heterocycles. The topological polar surface area (TPSA) is 102 Å². The van der Waals surface area contributed by atoms with E-state index in [1.807, 2.05) is 0 Å². The van der Waals surface area contributed by atoms with E-state index in [0.29, 0.717) is 22.5 Å². The number of hydrogen-bond acceptors (Lipinski definition) is 5. The van der Waals surface area contributed by atoms with Crippen LogP contribution in [0.15, 0.2) is 41.2 Å². The van der Waals surface area contributed by atoms with E-state index in [4.69, 9.17) is 0 Å². The minimum atomic E-state index is -1.25. The molecular weight excluding hydrogens is 308 g/mol. The van der Waals surface area contributed by atoms with Gasteiger partial charge < -0.3 is 5.11 Å². The van der Waals surface area contributed by atoms with Crippen LogP contribution in [0.5, 0.6) is 0 Å². The molecule has 8 heteroatoms. The van der Waals surface area contributed by atoms with Crippen molar-refractivity contribution in [1.29, 1.82) is 0 Å². The van der Waals surface area contributed by atoms with E-state index in [-0.39, 0.29) is 22.8 Å². The first-order chi connectivity index (χ1) is 10.3. The molecule has 1 heterocycles. The summed E-state index contributed by atoms with van der Waals surface area (Å²) in [4.78, 5) is 33.1. The molecule has 1 N–H and O–H groups in total. The Morgan fingerprint density at radius 2 is 2.18 bits per heavy atom. The molecule has 2 aromatic rings. The van der Waals surface area contributed by atoms with Crippen molar-refractivity contribution in [1.82, 2.24) is 4.57 Å². The van der Waals surface area contributed by atoms with Gasteiger partial charge in [-0.2, -0.15) is 0 Å². The molecule has 0 fully saturated rings. The highest BCUT2D eigenvalue weighted by Crippen LogP contribution is 2.29. The van der Waals surface area contributed by atoms with E-state index in [0.717, 1.165) is 0 Å². The van der Waals surface area contributed by atoms with E-state index in [9.17, 15) is 24.8 Å². The Morgan fingerprint density at radius 3 is 2.73 bits per heavy atom. The Hall–Kier alpha value is -2.74. The second-order valence-electron chi connectivity index (χ2n) is 4.70. The number of aromatic carboxylic acids is 1. The number of thiazole rings is 1. The van der Waals surface area contributed by atoms with Gasteiger partial charge in [-0.25, -0.2) is 4.79 Å². The first-order valence-electron chi connectivity index (χ1n) is 6.17. The van der Waals surface area contributed by atoms with Gasteiger partial charge in [-0.15, -0.1) is 0 Å². The van der Waals surface area contributed by atoms with Gasteiger partial charge in [0.25, 0.3) is 5.69 Å². The summed E-state index contributed by atoms with van der Waals surface area (Å²) in [6.07, 6.45) is 0. The molecule has 0 bridgehead atoms. The van der Waals surface area contributed by atoms with Gasteiger partial charge in [-0.1, -0.05) is 35.6 Å². The van der Waals surface area contributed by atoms with Crippen LogP contribution in [0.3, 0.4) is 0 Å². The van der Waals surface area contributed by atoms with Gasteiger partial charge in [0, 0.05) is 24.2 Å². The molecule has 0 atom stereocenters. The van der Waals surface area contributed by atoms with Gasteiger partial charge in [-0.05, 0) is 6.92 Å². The summed E-state index contributed by atoms with van der Waals surface area (Å²) in [6, 6.07) is 5.54. The van der Waals surface area contributed by atoms with Crippen molar-refractivity contribution in [2.24, 2.45) is 0 Å². The van der Waals surface area contributed by atoms with Gasteiger partial charge >= 0.3 is 10.8 Å². The Bertz CT molecular complexity index is 834. The summed E-state index contributed by atoms with van der Waals surface area (Å²) in [5.74, 6) is -1.25. The van der Waals surface area contributed by atoms with E-state index < -0.39 is 15.8 Å². The maximum Gasteiger partial charge on any atom is 0.348 e. The number of nitrogens with zero attached hydrogens (tertiary/aromatic N) is 2. The Morgan fingerprint density at radius 1 is 1.50 bits per heavy atom. The number of benzene rings is 1. The summed E-state index contributed by atoms with van der Waals surface area (Å²) in [5.41, 5.74) is 0.971. The van der Waals surface area contributed by atoms with Crippen LogP contribution in [0.4, 0.5) is 5.69 Å². The molecule has 0 saturated heterocycles. The van der Waals surface area contributed by atoms with E-state index in [2.05, 4.69) is 6.58 Å². The Kier molecular flexibility index (Phi) is 4.22. The lowest BCUT2D eigenvalue weighted by Crippen LogP contribution is -2.15. The predicted octanol–water partition coefficient (Wildman–Crippen LogP) is 2.76. The van der Waals surface area contributed by atoms with Crippen LogP contribution < -0.4 is 4.87 Å². The molecule has 22 heavy (non-hydrogen) atoms. The zero-order valence-corrected chi connectivity index (χ0v) is 12.4. The molecule has 0 aliphatic carbocycles. The fraction of sp³-hybridized carbons (Fsp3) is 0.143. The van der Waals surface area contributed by atoms with Crippen LogP contribution in [0.1, 0.15) is 16.6 Å². The maximum absolute atomic E-state index is 12.0. The number of carboxylic acids is 1. The van der Waals surface area contributed by atoms with Gasteiger partial charge in [0.2, 0.25) is 0 Å². The third-order valence-electron chi connectivity index (χ3n) is 2.85. The molecule has 7 nitrogen and oxygen atoms in total. The highest BCUT2D eigenvalue weighted by molar-refractivity contribution is 7.11. The molecule has 0 radical (unpaired) electrons. The number of nitro groups is 1. The molecular formula is C14H12N2O5S. The second-order valence-corrected chi connectivity index (χ2v) is 5.66. The second kappa shape index (κ2) is 5.94. The number of aromatic nitrogens is 1. The summed E-state index contributed by atoms with van der Waals surface area (Å²) in [7, 11) is 0. The highest BCUT2D eigenvalue weighted by Gasteiger charge is 2.22. The van der Waals surface area contributed by atoms with Crippen molar-refractivity contribution < 1.29 is 14.8 Å². The minimum Gasteiger partial charge on any atom is -0.477 e. The van der Waals surface area contributed by atoms with Crippen LogP contribution in [0, 0.1) is 10.1 Å². The number of rotatable bonds is 5. The van der Waals surface area contributed by atoms with Crippen molar-refractivity contribution in [2.45, 2.75) is 13.5 Å². The molecule has 1 aromatic carbocycles. The summed E-state index contributed by atoms with van der Waals surface area (Å²) in [6.45, 7) is 5.58. The smallest absolute Gasteiger partial charge is 0.348 e. The Balaban J connectivity index is 2.74. The zero-order valence-electron chi connectivity index (χ0n) is 11.6. The SMILES string of the molecule is C=C(C)Cn1c(-c2cccc([N+](=O)[O-])c2)c(C(=O)O)sc1=O. The lowest BCUT2D eigenvalue weighted by molar-refractivity contribution is -0.384. The third kappa shape index (κ3) is 2.96. The lowest BCUT2D eigenvalue weighted by atomic mass is 10.1. The molecule has 0 saturated carbocycles. The van der Waals surface area contributed by atoms with Crippen LogP contribution in [-0.2, 0) is 6.54 Å². The molecule has 0 amide bonds. The van der Waals surface area contributed by atoms with E-state index in [1.165, 1.54) is 28.8 Å². The quantitative estimate of drug-likeness (QED) is 0.518. The van der Waals surface area contributed by atoms with Gasteiger partial charge in [0.1, 0.15) is 4.88 Å². The fourth-order valence-corrected chi connectivity index (χ4v) is 2.87. The third-order valence-corrected chi connectivity index (χ3v) is 3.81. The number of allylic oxidation sites excluding steroid dienone is 1. The fourth-order valence-electron chi connectivity index (χ4n) is 2.02. The van der Waals surface area contributed by atoms with Crippen molar-refractivity contribution in [2.75, 3.05) is 0 Å². The van der Waals surface area contributed by atoms with Gasteiger partial charge in [0.05, 0.1) is 10.6 Å². The van der Waals surface area contributed by atoms with Crippen molar-refractivity contribution in [3.8, 4) is 11.3 Å². The minimum absolute atomic E-state index is 0.147. The molecule has 0 aliphatic heterocycles. The first-order valence-corrected chi connectivity index (χ1v) is 6.99. The van der Waals surface area contributed by atoms with E-state index >= 15 is 0 Å². The van der Waals surface area contributed by atoms with Crippen LogP contribution in [-0.4, -0.2) is 20.6 Å². The maximum atomic E-state index is 12.0. The Labute approximate surface area is 128 Å². The normalized spacial score (nSPS) is 10.4. The predicted molar refractivity (Wildman–Crippen MR) is 82.4 cm³/mol. The van der Waals surface area contributed by atoms with E-state index in [1.54, 1.807) is 6.92 Å². The van der Waals surface area contributed by atoms with Gasteiger partial charge in [-0.3, -0.25) is 19.5 Å². The van der Waals surface area contributed by atoms with Crippen molar-refractivity contribution >= 4 is 23.0 Å². The highest BCUT2D eigenvalue weighted by atomic mass is 32.1. The molecule has 2 rings (SSSR count). The summed E-state index contributed by atoms with van der Waals surface area (Å²) in [5, 5.41) is 20.2. The average molecular weight is 320 g/mol. The van der Waals surface area contributed by atoms with Crippen LogP contribution in [0.2, 0.25) is 0 Å². The summed E-state index contributed by atoms with van der Waals surface area (Å²) < 4.78 is 1.27. The summed E-state index contributed by atoms with van der Waals surface area (Å²) >= 11 is 0.597. The first kappa shape index (κ1) is 15.6. The number of nitro benzene ring substituents is 1. The van der Waals surface area contributed by atoms with Crippen LogP contribution in [0.25, 0.3) is 11.3 Å². The monoisotopic (exact) mass is 320 g/mol. The average Bonchev–Trinajstić information content (AvgIpc) is 2.76. The molecule has 114 valence electrons. The van der Waals surface area contributed by atoms with Crippen molar-refractivity contribution in [3.05, 3.63) is 61.1 Å². The standard InChI is InChI=1S/C14H12N2O5S/c1-8(2)7-15-11(12(13(17)18)22-14(15)19)9-4-3-5-10(6-9)16(20)21/h3-6H,1,7H2,2H3,(H,17,18). The van der Waals surface area contributed by atoms with Crippen molar-refractivity contribution in [3.63, 3.8) is 0 Å². The lowest BCUT2D eigenvalue weighted by Gasteiger charge is -2.08. The largest absolute Gasteiger partial charge is 0.477 e. The number of non-ortho nitro benzene ring substituents is 1. The zero-order chi connectivity index (χ0) is 16.4. The molecule has 0 spiro atoms. The molecule has 0 aliphatic rings. The molecule has 0 unspecified atom stereocenters. The number of hydrogen-bond donors (Lipinski definition) is 1. The van der Waals surface area contributed by atoms with Crippen LogP contribution >= 0.6 is 11.3 Å². The van der Waals surface area contributed by atoms with Gasteiger partial charge in [0.15, 0.2) is 0 Å².